The van der Waals surface area contributed by atoms with E-state index in [1.807, 2.05) is 65.0 Å². The molecule has 1 aromatic heterocycles. The maximum Gasteiger partial charge on any atom is 0.332 e. The van der Waals surface area contributed by atoms with E-state index in [4.69, 9.17) is 9.47 Å². The number of hydrogen-bond acceptors (Lipinski definition) is 6. The number of ether oxygens (including phenoxy) is 2. The molecule has 0 atom stereocenters. The molecule has 0 spiro atoms. The molecule has 1 heterocycles. The number of anilines is 1. The van der Waals surface area contributed by atoms with Crippen LogP contribution in [0.15, 0.2) is 52.2 Å². The summed E-state index contributed by atoms with van der Waals surface area (Å²) in [6, 6.07) is 10.2. The van der Waals surface area contributed by atoms with E-state index in [1.165, 1.54) is 16.8 Å². The Morgan fingerprint density at radius 2 is 1.74 bits per heavy atom. The van der Waals surface area contributed by atoms with Gasteiger partial charge in [-0.15, -0.1) is 0 Å². The molecule has 3 aromatic rings. The Labute approximate surface area is 223 Å². The number of benzene rings is 2. The molecule has 0 saturated carbocycles. The molecule has 0 fully saturated rings. The minimum absolute atomic E-state index is 0.0138. The van der Waals surface area contributed by atoms with Crippen molar-refractivity contribution >= 4 is 27.9 Å². The van der Waals surface area contributed by atoms with Gasteiger partial charge in [-0.3, -0.25) is 19.1 Å². The number of nitrogens with one attached hydrogen (secondary N) is 2. The van der Waals surface area contributed by atoms with Crippen molar-refractivity contribution in [1.82, 2.24) is 9.55 Å². The highest BCUT2D eigenvalue weighted by atomic mass is 32.2. The van der Waals surface area contributed by atoms with Crippen LogP contribution in [0.2, 0.25) is 0 Å². The molecule has 0 aliphatic rings. The Kier molecular flexibility index (Phi) is 8.68. The van der Waals surface area contributed by atoms with Crippen molar-refractivity contribution in [3.63, 3.8) is 0 Å². The highest BCUT2D eigenvalue weighted by molar-refractivity contribution is 7.92. The number of H-pyrrole nitrogens is 1. The van der Waals surface area contributed by atoms with Crippen LogP contribution >= 0.6 is 0 Å². The summed E-state index contributed by atoms with van der Waals surface area (Å²) in [6.07, 6.45) is 6.31. The maximum atomic E-state index is 12.5. The molecule has 3 rings (SSSR count). The summed E-state index contributed by atoms with van der Waals surface area (Å²) < 4.78 is 39.0. The van der Waals surface area contributed by atoms with Crippen molar-refractivity contribution in [1.29, 1.82) is 0 Å². The zero-order valence-corrected chi connectivity index (χ0v) is 23.6. The van der Waals surface area contributed by atoms with Crippen molar-refractivity contribution in [2.24, 2.45) is 0 Å². The van der Waals surface area contributed by atoms with Gasteiger partial charge in [0.2, 0.25) is 10.0 Å². The number of aromatic amines is 1. The summed E-state index contributed by atoms with van der Waals surface area (Å²) in [6.45, 7) is 10.3. The van der Waals surface area contributed by atoms with Crippen LogP contribution in [0.25, 0.3) is 17.8 Å². The fraction of sp³-hybridized carbons (Fsp3) is 0.357. The quantitative estimate of drug-likeness (QED) is 0.390. The van der Waals surface area contributed by atoms with E-state index in [-0.39, 0.29) is 18.1 Å². The van der Waals surface area contributed by atoms with E-state index < -0.39 is 21.3 Å². The largest absolute Gasteiger partial charge is 0.496 e. The summed E-state index contributed by atoms with van der Waals surface area (Å²) in [5.41, 5.74) is 2.92. The zero-order chi connectivity index (χ0) is 28.3. The smallest absolute Gasteiger partial charge is 0.332 e. The van der Waals surface area contributed by atoms with Crippen molar-refractivity contribution in [3.8, 4) is 11.4 Å². The van der Waals surface area contributed by atoms with E-state index in [0.717, 1.165) is 28.5 Å². The van der Waals surface area contributed by atoms with Crippen molar-refractivity contribution < 1.29 is 17.9 Å². The topological polar surface area (TPSA) is 119 Å². The van der Waals surface area contributed by atoms with Crippen molar-refractivity contribution in [3.05, 3.63) is 85.7 Å². The summed E-state index contributed by atoms with van der Waals surface area (Å²) >= 11 is 0. The minimum atomic E-state index is -3.43. The van der Waals surface area contributed by atoms with Gasteiger partial charge in [0.25, 0.3) is 5.56 Å². The average Bonchev–Trinajstić information content (AvgIpc) is 2.79. The van der Waals surface area contributed by atoms with Crippen LogP contribution in [-0.2, 0) is 26.8 Å². The third-order valence-electron chi connectivity index (χ3n) is 5.68. The van der Waals surface area contributed by atoms with Gasteiger partial charge in [-0.25, -0.2) is 13.2 Å². The zero-order valence-electron chi connectivity index (χ0n) is 22.8. The molecule has 38 heavy (non-hydrogen) atoms. The minimum Gasteiger partial charge on any atom is -0.496 e. The molecule has 0 unspecified atom stereocenters. The first-order chi connectivity index (χ1) is 17.7. The van der Waals surface area contributed by atoms with Crippen molar-refractivity contribution in [2.45, 2.75) is 52.7 Å². The first-order valence-corrected chi connectivity index (χ1v) is 14.0. The van der Waals surface area contributed by atoms with Crippen LogP contribution in [0.3, 0.4) is 0 Å². The Balaban J connectivity index is 2.17. The second-order valence-corrected chi connectivity index (χ2v) is 12.1. The van der Waals surface area contributed by atoms with Gasteiger partial charge in [-0.1, -0.05) is 39.0 Å². The molecule has 0 saturated heterocycles. The molecular formula is C28H35N3O6S. The van der Waals surface area contributed by atoms with Gasteiger partial charge in [0, 0.05) is 29.1 Å². The first kappa shape index (κ1) is 28.9. The SMILES string of the molecule is COc1c(C=Cc2ccc(NS(C)(=O)=O)cc2COC(C)C)cc(-n2ccc(=O)[nH]c2=O)cc1C(C)(C)C. The lowest BCUT2D eigenvalue weighted by Crippen LogP contribution is -2.28. The number of nitrogens with zero attached hydrogens (tertiary/aromatic N) is 1. The molecule has 0 aliphatic heterocycles. The lowest BCUT2D eigenvalue weighted by molar-refractivity contribution is 0.0656. The number of rotatable bonds is 9. The lowest BCUT2D eigenvalue weighted by Gasteiger charge is -2.25. The van der Waals surface area contributed by atoms with Gasteiger partial charge >= 0.3 is 5.69 Å². The third-order valence-corrected chi connectivity index (χ3v) is 6.28. The molecule has 0 aliphatic carbocycles. The average molecular weight is 542 g/mol. The van der Waals surface area contributed by atoms with Crippen LogP contribution in [0.5, 0.6) is 5.75 Å². The predicted molar refractivity (Wildman–Crippen MR) is 152 cm³/mol. The van der Waals surface area contributed by atoms with E-state index in [9.17, 15) is 18.0 Å². The number of hydrogen-bond donors (Lipinski definition) is 2. The van der Waals surface area contributed by atoms with Gasteiger partial charge in [0.15, 0.2) is 0 Å². The molecule has 9 nitrogen and oxygen atoms in total. The van der Waals surface area contributed by atoms with Crippen LogP contribution in [0, 0.1) is 0 Å². The van der Waals surface area contributed by atoms with Gasteiger partial charge in [0.05, 0.1) is 31.8 Å². The number of sulfonamides is 1. The van der Waals surface area contributed by atoms with E-state index in [1.54, 1.807) is 19.2 Å². The van der Waals surface area contributed by atoms with Crippen LogP contribution in [-0.4, -0.2) is 37.4 Å². The second kappa shape index (κ2) is 11.4. The summed E-state index contributed by atoms with van der Waals surface area (Å²) in [5.74, 6) is 0.658. The van der Waals surface area contributed by atoms with E-state index >= 15 is 0 Å². The Morgan fingerprint density at radius 1 is 1.05 bits per heavy atom. The molecule has 2 aromatic carbocycles. The standard InChI is InChI=1S/C28H35N3O6S/c1-18(2)37-17-21-14-22(30-38(7,34)35)11-10-19(21)8-9-20-15-23(31-13-12-25(32)29-27(31)33)16-24(26(20)36-6)28(3,4)5/h8-16,18,30H,17H2,1-7H3,(H,29,32,33). The molecule has 0 bridgehead atoms. The monoisotopic (exact) mass is 541 g/mol. The molecule has 10 heteroatoms. The molecular weight excluding hydrogens is 506 g/mol. The first-order valence-electron chi connectivity index (χ1n) is 12.1. The summed E-state index contributed by atoms with van der Waals surface area (Å²) in [5, 5.41) is 0. The fourth-order valence-corrected chi connectivity index (χ4v) is 4.47. The fourth-order valence-electron chi connectivity index (χ4n) is 3.91. The molecule has 0 radical (unpaired) electrons. The van der Waals surface area contributed by atoms with Crippen LogP contribution in [0.4, 0.5) is 5.69 Å². The Bertz CT molecular complexity index is 1560. The predicted octanol–water partition coefficient (Wildman–Crippen LogP) is 4.30. The molecule has 204 valence electrons. The molecule has 0 amide bonds. The van der Waals surface area contributed by atoms with Crippen LogP contribution < -0.4 is 20.7 Å². The van der Waals surface area contributed by atoms with Gasteiger partial charge in [-0.05, 0) is 54.7 Å². The maximum absolute atomic E-state index is 12.5. The summed E-state index contributed by atoms with van der Waals surface area (Å²) in [7, 11) is -1.84. The van der Waals surface area contributed by atoms with Gasteiger partial charge in [0.1, 0.15) is 5.75 Å². The van der Waals surface area contributed by atoms with Gasteiger partial charge < -0.3 is 9.47 Å². The highest BCUT2D eigenvalue weighted by Crippen LogP contribution is 2.37. The Morgan fingerprint density at radius 3 is 2.32 bits per heavy atom. The van der Waals surface area contributed by atoms with E-state index in [0.29, 0.717) is 17.1 Å². The third kappa shape index (κ3) is 7.45. The van der Waals surface area contributed by atoms with E-state index in [2.05, 4.69) is 9.71 Å². The normalized spacial score (nSPS) is 12.3. The van der Waals surface area contributed by atoms with Crippen molar-refractivity contribution in [2.75, 3.05) is 18.1 Å². The van der Waals surface area contributed by atoms with Gasteiger partial charge in [-0.2, -0.15) is 0 Å². The Hall–Kier alpha value is -3.63. The summed E-state index contributed by atoms with van der Waals surface area (Å²) in [4.78, 5) is 26.4. The number of aromatic nitrogens is 2. The highest BCUT2D eigenvalue weighted by Gasteiger charge is 2.22. The number of methoxy groups -OCH3 is 1. The molecule has 2 N–H and O–H groups in total. The second-order valence-electron chi connectivity index (χ2n) is 10.3. The lowest BCUT2D eigenvalue weighted by atomic mass is 9.84. The van der Waals surface area contributed by atoms with Crippen LogP contribution in [0.1, 0.15) is 56.9 Å².